The van der Waals surface area contributed by atoms with Crippen molar-refractivity contribution in [1.29, 1.82) is 0 Å². The molecule has 40 heavy (non-hydrogen) atoms. The van der Waals surface area contributed by atoms with E-state index in [4.69, 9.17) is 14.2 Å². The van der Waals surface area contributed by atoms with Gasteiger partial charge in [-0.25, -0.2) is 4.79 Å². The van der Waals surface area contributed by atoms with Crippen LogP contribution in [-0.2, 0) is 16.1 Å². The number of amides is 1. The van der Waals surface area contributed by atoms with Crippen LogP contribution in [0.15, 0.2) is 53.0 Å². The number of carbonyl (C=O) groups is 2. The molecular formula is C29H32N4O5S2. The molecule has 2 aromatic carbocycles. The second-order valence-electron chi connectivity index (χ2n) is 9.08. The standard InChI is InChI=1S/C29H32N4O5S2/c1-7-33-26(19(4)38-22-13-17(2)12-18(3)14-22)31-32-29(33)40-16-24(34)30-27-25(28(35)37-6)23(15-39-27)20-8-10-21(36-5)11-9-20/h8-15,19H,7,16H2,1-6H3,(H,30,34). The highest BCUT2D eigenvalue weighted by molar-refractivity contribution is 7.99. The van der Waals surface area contributed by atoms with Crippen molar-refractivity contribution in [3.63, 3.8) is 0 Å². The lowest BCUT2D eigenvalue weighted by molar-refractivity contribution is -0.113. The minimum atomic E-state index is -0.525. The average Bonchev–Trinajstić information content (AvgIpc) is 3.55. The Balaban J connectivity index is 1.46. The third kappa shape index (κ3) is 6.65. The largest absolute Gasteiger partial charge is 0.497 e. The van der Waals surface area contributed by atoms with Gasteiger partial charge in [0.05, 0.1) is 20.0 Å². The third-order valence-electron chi connectivity index (χ3n) is 6.10. The van der Waals surface area contributed by atoms with E-state index in [1.54, 1.807) is 7.11 Å². The summed E-state index contributed by atoms with van der Waals surface area (Å²) >= 11 is 2.54. The predicted molar refractivity (Wildman–Crippen MR) is 158 cm³/mol. The van der Waals surface area contributed by atoms with E-state index in [0.29, 0.717) is 39.4 Å². The number of thiophene rings is 1. The van der Waals surface area contributed by atoms with Crippen LogP contribution in [0.2, 0.25) is 0 Å². The molecule has 11 heteroatoms. The van der Waals surface area contributed by atoms with Gasteiger partial charge in [0, 0.05) is 17.5 Å². The molecule has 0 aliphatic rings. The van der Waals surface area contributed by atoms with Crippen LogP contribution in [0.5, 0.6) is 11.5 Å². The summed E-state index contributed by atoms with van der Waals surface area (Å²) in [6.07, 6.45) is -0.332. The molecule has 1 atom stereocenters. The molecule has 1 unspecified atom stereocenters. The Bertz CT molecular complexity index is 1480. The van der Waals surface area contributed by atoms with Gasteiger partial charge in [-0.1, -0.05) is 30.0 Å². The molecule has 0 saturated carbocycles. The average molecular weight is 581 g/mol. The number of rotatable bonds is 11. The summed E-state index contributed by atoms with van der Waals surface area (Å²) in [6.45, 7) is 8.61. The van der Waals surface area contributed by atoms with E-state index < -0.39 is 5.97 Å². The number of esters is 1. The number of hydrogen-bond acceptors (Lipinski definition) is 9. The third-order valence-corrected chi connectivity index (χ3v) is 7.96. The Morgan fingerprint density at radius 2 is 1.75 bits per heavy atom. The normalized spacial score (nSPS) is 11.7. The van der Waals surface area contributed by atoms with E-state index in [-0.39, 0.29) is 17.8 Å². The fourth-order valence-corrected chi connectivity index (χ4v) is 6.08. The fourth-order valence-electron chi connectivity index (χ4n) is 4.29. The zero-order valence-electron chi connectivity index (χ0n) is 23.3. The first kappa shape index (κ1) is 29.2. The topological polar surface area (TPSA) is 105 Å². The maximum atomic E-state index is 12.9. The first-order chi connectivity index (χ1) is 19.2. The molecule has 0 spiro atoms. The van der Waals surface area contributed by atoms with Gasteiger partial charge >= 0.3 is 5.97 Å². The zero-order valence-corrected chi connectivity index (χ0v) is 24.9. The van der Waals surface area contributed by atoms with Crippen LogP contribution in [0, 0.1) is 13.8 Å². The lowest BCUT2D eigenvalue weighted by atomic mass is 10.0. The van der Waals surface area contributed by atoms with E-state index in [1.807, 2.05) is 74.0 Å². The van der Waals surface area contributed by atoms with E-state index in [1.165, 1.54) is 30.2 Å². The van der Waals surface area contributed by atoms with E-state index >= 15 is 0 Å². The Morgan fingerprint density at radius 3 is 2.38 bits per heavy atom. The number of hydrogen-bond donors (Lipinski definition) is 1. The van der Waals surface area contributed by atoms with Gasteiger partial charge in [0.25, 0.3) is 0 Å². The van der Waals surface area contributed by atoms with Crippen molar-refractivity contribution in [3.8, 4) is 22.6 Å². The lowest BCUT2D eigenvalue weighted by Gasteiger charge is -2.16. The van der Waals surface area contributed by atoms with Crippen LogP contribution in [0.1, 0.15) is 47.3 Å². The van der Waals surface area contributed by atoms with Crippen molar-refractivity contribution in [2.45, 2.75) is 45.5 Å². The number of ether oxygens (including phenoxy) is 3. The van der Waals surface area contributed by atoms with Gasteiger partial charge in [-0.05, 0) is 68.7 Å². The molecule has 0 radical (unpaired) electrons. The number of nitrogens with one attached hydrogen (secondary N) is 1. The minimum absolute atomic E-state index is 0.0842. The second-order valence-corrected chi connectivity index (χ2v) is 10.9. The summed E-state index contributed by atoms with van der Waals surface area (Å²) in [7, 11) is 2.91. The molecule has 4 rings (SSSR count). The van der Waals surface area contributed by atoms with Gasteiger partial charge in [0.2, 0.25) is 5.91 Å². The monoisotopic (exact) mass is 580 g/mol. The molecule has 1 amide bonds. The van der Waals surface area contributed by atoms with E-state index in [0.717, 1.165) is 22.4 Å². The SMILES string of the molecule is CCn1c(SCC(=O)Nc2scc(-c3ccc(OC)cc3)c2C(=O)OC)nnc1C(C)Oc1cc(C)cc(C)c1. The highest BCUT2D eigenvalue weighted by Crippen LogP contribution is 2.37. The first-order valence-corrected chi connectivity index (χ1v) is 14.6. The van der Waals surface area contributed by atoms with Crippen LogP contribution in [0.4, 0.5) is 5.00 Å². The molecule has 9 nitrogen and oxygen atoms in total. The summed E-state index contributed by atoms with van der Waals surface area (Å²) in [4.78, 5) is 25.6. The molecule has 4 aromatic rings. The highest BCUT2D eigenvalue weighted by Gasteiger charge is 2.24. The quantitative estimate of drug-likeness (QED) is 0.163. The number of benzene rings is 2. The summed E-state index contributed by atoms with van der Waals surface area (Å²) < 4.78 is 18.3. The number of aryl methyl sites for hydroxylation is 2. The maximum absolute atomic E-state index is 12.9. The predicted octanol–water partition coefficient (Wildman–Crippen LogP) is 6.31. The van der Waals surface area contributed by atoms with Crippen LogP contribution in [0.3, 0.4) is 0 Å². The Morgan fingerprint density at radius 1 is 1.05 bits per heavy atom. The highest BCUT2D eigenvalue weighted by atomic mass is 32.2. The number of methoxy groups -OCH3 is 2. The Hall–Kier alpha value is -3.83. The molecule has 0 bridgehead atoms. The van der Waals surface area contributed by atoms with Gasteiger partial charge in [0.15, 0.2) is 17.1 Å². The van der Waals surface area contributed by atoms with Gasteiger partial charge < -0.3 is 24.1 Å². The molecule has 0 fully saturated rings. The number of nitrogens with zero attached hydrogens (tertiary/aromatic N) is 3. The Kier molecular flexibility index (Phi) is 9.49. The molecular weight excluding hydrogens is 548 g/mol. The van der Waals surface area contributed by atoms with Gasteiger partial charge in [-0.3, -0.25) is 4.79 Å². The van der Waals surface area contributed by atoms with Crippen molar-refractivity contribution < 1.29 is 23.8 Å². The van der Waals surface area contributed by atoms with Crippen LogP contribution in [0.25, 0.3) is 11.1 Å². The van der Waals surface area contributed by atoms with Gasteiger partial charge in [-0.15, -0.1) is 21.5 Å². The summed E-state index contributed by atoms with van der Waals surface area (Å²) in [5.41, 5.74) is 4.05. The van der Waals surface area contributed by atoms with Crippen LogP contribution >= 0.6 is 23.1 Å². The summed E-state index contributed by atoms with van der Waals surface area (Å²) in [5.74, 6) is 1.45. The number of aromatic nitrogens is 3. The first-order valence-electron chi connectivity index (χ1n) is 12.7. The van der Waals surface area contributed by atoms with E-state index in [9.17, 15) is 9.59 Å². The van der Waals surface area contributed by atoms with Gasteiger partial charge in [-0.2, -0.15) is 0 Å². The van der Waals surface area contributed by atoms with Crippen molar-refractivity contribution in [2.75, 3.05) is 25.3 Å². The van der Waals surface area contributed by atoms with Crippen molar-refractivity contribution >= 4 is 40.0 Å². The van der Waals surface area contributed by atoms with Crippen molar-refractivity contribution in [1.82, 2.24) is 14.8 Å². The summed E-state index contributed by atoms with van der Waals surface area (Å²) in [5, 5.41) is 14.4. The molecule has 2 heterocycles. The molecule has 2 aromatic heterocycles. The maximum Gasteiger partial charge on any atom is 0.341 e. The Labute approximate surface area is 241 Å². The van der Waals surface area contributed by atoms with Gasteiger partial charge in [0.1, 0.15) is 22.1 Å². The van der Waals surface area contributed by atoms with Crippen molar-refractivity contribution in [2.24, 2.45) is 0 Å². The number of carbonyl (C=O) groups excluding carboxylic acids is 2. The van der Waals surface area contributed by atoms with E-state index in [2.05, 4.69) is 21.6 Å². The molecule has 0 saturated heterocycles. The van der Waals surface area contributed by atoms with Crippen molar-refractivity contribution in [3.05, 3.63) is 70.4 Å². The summed E-state index contributed by atoms with van der Waals surface area (Å²) in [6, 6.07) is 13.4. The molecule has 1 N–H and O–H groups in total. The smallest absolute Gasteiger partial charge is 0.341 e. The zero-order chi connectivity index (χ0) is 28.8. The molecule has 210 valence electrons. The lowest BCUT2D eigenvalue weighted by Crippen LogP contribution is -2.17. The molecule has 0 aliphatic carbocycles. The number of thioether (sulfide) groups is 1. The fraction of sp³-hybridized carbons (Fsp3) is 0.310. The second kappa shape index (κ2) is 13.0. The number of anilines is 1. The molecule has 0 aliphatic heterocycles. The van der Waals surface area contributed by atoms with Crippen LogP contribution in [-0.4, -0.2) is 46.6 Å². The minimum Gasteiger partial charge on any atom is -0.497 e. The van der Waals surface area contributed by atoms with Crippen LogP contribution < -0.4 is 14.8 Å².